The van der Waals surface area contributed by atoms with Gasteiger partial charge < -0.3 is 0 Å². The van der Waals surface area contributed by atoms with Gasteiger partial charge in [-0.05, 0) is 34.5 Å². The van der Waals surface area contributed by atoms with E-state index < -0.39 is 61.9 Å². The Hall–Kier alpha value is -4.87. The Morgan fingerprint density at radius 3 is 2.10 bits per heavy atom. The summed E-state index contributed by atoms with van der Waals surface area (Å²) in [6, 6.07) is 18.0. The SMILES string of the molecule is [2H]c1c([2H])c([2H])c2c(c1[2H])-c1c([2H])c([2H])c([2H])c(-c3ccc(-c4ccc5ccc6cccnc6c5n4)c4ccccc34)c1S2(=O)=O. The third-order valence-corrected chi connectivity index (χ3v) is 8.96. The fraction of sp³-hybridized carbons (Fsp3) is 0. The predicted molar refractivity (Wildman–Crippen MR) is 156 cm³/mol. The van der Waals surface area contributed by atoms with E-state index in [2.05, 4.69) is 4.98 Å². The lowest BCUT2D eigenvalue weighted by Gasteiger charge is -2.14. The lowest BCUT2D eigenvalue weighted by Crippen LogP contribution is -1.99. The van der Waals surface area contributed by atoms with Gasteiger partial charge in [-0.15, -0.1) is 0 Å². The average molecular weight is 528 g/mol. The third kappa shape index (κ3) is 3.14. The lowest BCUT2D eigenvalue weighted by molar-refractivity contribution is 0.599. The van der Waals surface area contributed by atoms with Crippen LogP contribution >= 0.6 is 0 Å². The zero-order valence-electron chi connectivity index (χ0n) is 27.1. The third-order valence-electron chi connectivity index (χ3n) is 7.17. The molecule has 0 aliphatic carbocycles. The maximum atomic E-state index is 14.2. The average Bonchev–Trinajstić information content (AvgIpc) is 3.32. The molecule has 7 aromatic rings. The predicted octanol–water partition coefficient (Wildman–Crippen LogP) is 8.08. The number of hydrogen-bond donors (Lipinski definition) is 0. The van der Waals surface area contributed by atoms with Gasteiger partial charge >= 0.3 is 0 Å². The van der Waals surface area contributed by atoms with Gasteiger partial charge in [0.25, 0.3) is 0 Å². The van der Waals surface area contributed by atoms with Crippen molar-refractivity contribution >= 4 is 42.4 Å². The Kier molecular flexibility index (Phi) is 3.34. The molecule has 0 saturated carbocycles. The van der Waals surface area contributed by atoms with Crippen molar-refractivity contribution in [2.45, 2.75) is 9.79 Å². The van der Waals surface area contributed by atoms with Crippen LogP contribution in [0.25, 0.3) is 66.1 Å². The van der Waals surface area contributed by atoms with Crippen molar-refractivity contribution in [2.75, 3.05) is 0 Å². The summed E-state index contributed by atoms with van der Waals surface area (Å²) in [4.78, 5) is 8.43. The molecule has 0 unspecified atom stereocenters. The molecule has 1 aliphatic rings. The van der Waals surface area contributed by atoms with E-state index in [-0.39, 0.29) is 16.7 Å². The fourth-order valence-corrected chi connectivity index (χ4v) is 7.09. The molecule has 0 N–H and O–H groups in total. The van der Waals surface area contributed by atoms with Gasteiger partial charge in [0.1, 0.15) is 0 Å². The normalized spacial score (nSPS) is 16.1. The van der Waals surface area contributed by atoms with Gasteiger partial charge in [0.05, 0.1) is 36.1 Å². The monoisotopic (exact) mass is 527 g/mol. The van der Waals surface area contributed by atoms with Crippen LogP contribution in [0.15, 0.2) is 131 Å². The first-order valence-corrected chi connectivity index (χ1v) is 13.7. The summed E-state index contributed by atoms with van der Waals surface area (Å²) in [6.07, 6.45) is 1.72. The molecule has 39 heavy (non-hydrogen) atoms. The maximum absolute atomic E-state index is 14.2. The molecule has 8 rings (SSSR count). The number of aromatic nitrogens is 2. The van der Waals surface area contributed by atoms with E-state index in [1.807, 2.05) is 48.5 Å². The van der Waals surface area contributed by atoms with Crippen LogP contribution in [0.3, 0.4) is 0 Å². The van der Waals surface area contributed by atoms with Crippen LogP contribution in [-0.4, -0.2) is 18.4 Å². The maximum Gasteiger partial charge on any atom is 0.208 e. The van der Waals surface area contributed by atoms with Gasteiger partial charge in [-0.25, -0.2) is 13.4 Å². The molecule has 2 aromatic heterocycles. The lowest BCUT2D eigenvalue weighted by atomic mass is 9.92. The number of rotatable bonds is 2. The molecule has 0 radical (unpaired) electrons. The summed E-state index contributed by atoms with van der Waals surface area (Å²) < 4.78 is 87.8. The van der Waals surface area contributed by atoms with E-state index in [1.54, 1.807) is 30.5 Å². The van der Waals surface area contributed by atoms with Gasteiger partial charge in [-0.3, -0.25) is 4.98 Å². The first-order valence-electron chi connectivity index (χ1n) is 15.7. The second-order valence-corrected chi connectivity index (χ2v) is 11.1. The van der Waals surface area contributed by atoms with Gasteiger partial charge in [0.15, 0.2) is 0 Å². The van der Waals surface area contributed by atoms with Crippen molar-refractivity contribution in [1.29, 1.82) is 0 Å². The number of hydrogen-bond acceptors (Lipinski definition) is 4. The minimum atomic E-state index is -4.63. The molecule has 0 spiro atoms. The highest BCUT2D eigenvalue weighted by molar-refractivity contribution is 7.92. The Morgan fingerprint density at radius 2 is 1.26 bits per heavy atom. The van der Waals surface area contributed by atoms with Crippen molar-refractivity contribution in [1.82, 2.24) is 9.97 Å². The number of nitrogens with zero attached hydrogens (tertiary/aromatic N) is 2. The van der Waals surface area contributed by atoms with Gasteiger partial charge in [0.2, 0.25) is 9.84 Å². The van der Waals surface area contributed by atoms with Crippen molar-refractivity contribution in [3.05, 3.63) is 121 Å². The van der Waals surface area contributed by atoms with E-state index >= 15 is 0 Å². The van der Waals surface area contributed by atoms with Crippen LogP contribution in [0.5, 0.6) is 0 Å². The topological polar surface area (TPSA) is 59.9 Å². The molecule has 1 aliphatic heterocycles. The van der Waals surface area contributed by atoms with Gasteiger partial charge in [-0.2, -0.15) is 0 Å². The molecular weight excluding hydrogens is 500 g/mol. The minimum Gasteiger partial charge on any atom is -0.254 e. The zero-order valence-corrected chi connectivity index (χ0v) is 20.9. The van der Waals surface area contributed by atoms with Crippen LogP contribution in [0.2, 0.25) is 0 Å². The quantitative estimate of drug-likeness (QED) is 0.213. The molecule has 0 fully saturated rings. The molecule has 0 bridgehead atoms. The fourth-order valence-electron chi connectivity index (χ4n) is 5.42. The Bertz CT molecular complexity index is 2640. The van der Waals surface area contributed by atoms with Crippen molar-refractivity contribution < 1.29 is 18.0 Å². The van der Waals surface area contributed by atoms with Crippen LogP contribution in [0.1, 0.15) is 9.60 Å². The Morgan fingerprint density at radius 1 is 0.590 bits per heavy atom. The highest BCUT2D eigenvalue weighted by atomic mass is 32.2. The van der Waals surface area contributed by atoms with E-state index in [9.17, 15) is 8.42 Å². The summed E-state index contributed by atoms with van der Waals surface area (Å²) in [7, 11) is -4.63. The van der Waals surface area contributed by atoms with Gasteiger partial charge in [-0.1, -0.05) is 96.9 Å². The molecule has 184 valence electrons. The molecule has 4 nitrogen and oxygen atoms in total. The largest absolute Gasteiger partial charge is 0.254 e. The highest BCUT2D eigenvalue weighted by Gasteiger charge is 2.35. The number of benzene rings is 5. The molecule has 3 heterocycles. The summed E-state index contributed by atoms with van der Waals surface area (Å²) >= 11 is 0. The van der Waals surface area contributed by atoms with Crippen LogP contribution in [0.4, 0.5) is 0 Å². The highest BCUT2D eigenvalue weighted by Crippen LogP contribution is 2.48. The first-order chi connectivity index (χ1) is 22.0. The molecule has 5 aromatic carbocycles. The molecule has 5 heteroatoms. The number of fused-ring (bicyclic) bond motifs is 7. The van der Waals surface area contributed by atoms with Crippen molar-refractivity contribution in [3.8, 4) is 33.5 Å². The van der Waals surface area contributed by atoms with E-state index in [1.165, 1.54) is 0 Å². The second-order valence-electron chi connectivity index (χ2n) is 9.28. The Labute approximate surface area is 235 Å². The molecular formula is C34H20N2O2S. The minimum absolute atomic E-state index is 0.131. The summed E-state index contributed by atoms with van der Waals surface area (Å²) in [5.41, 5.74) is 2.42. The summed E-state index contributed by atoms with van der Waals surface area (Å²) in [6.45, 7) is 0. The van der Waals surface area contributed by atoms with Crippen molar-refractivity contribution in [3.63, 3.8) is 0 Å². The van der Waals surface area contributed by atoms with E-state index in [0.29, 0.717) is 22.0 Å². The van der Waals surface area contributed by atoms with Crippen LogP contribution < -0.4 is 0 Å². The number of sulfone groups is 1. The Balaban J connectivity index is 1.44. The molecule has 0 saturated heterocycles. The summed E-state index contributed by atoms with van der Waals surface area (Å²) in [5.74, 6) is 0. The standard InChI is InChI=1S/C34H20N2O2S/c37-39(38)31-13-4-3-10-27(31)29-12-5-11-28(34(29)39)25-17-18-26(24-9-2-1-8-23(24)25)30-19-16-22-15-14-21-7-6-20-35-32(21)33(22)36-30/h1-20H/i3D,4D,5D,10D,11D,12D,13D. The zero-order chi connectivity index (χ0) is 32.2. The van der Waals surface area contributed by atoms with Crippen molar-refractivity contribution in [2.24, 2.45) is 0 Å². The molecule has 0 amide bonds. The van der Waals surface area contributed by atoms with E-state index in [0.717, 1.165) is 27.4 Å². The molecule has 0 atom stereocenters. The smallest absolute Gasteiger partial charge is 0.208 e. The van der Waals surface area contributed by atoms with Gasteiger partial charge in [0, 0.05) is 39.2 Å². The number of pyridine rings is 2. The van der Waals surface area contributed by atoms with Crippen LogP contribution in [0, 0.1) is 0 Å². The summed E-state index contributed by atoms with van der Waals surface area (Å²) in [5, 5.41) is 3.13. The first kappa shape index (κ1) is 16.2. The van der Waals surface area contributed by atoms with Crippen LogP contribution in [-0.2, 0) is 9.84 Å². The van der Waals surface area contributed by atoms with E-state index in [4.69, 9.17) is 14.6 Å². The second kappa shape index (κ2) is 8.06.